The predicted molar refractivity (Wildman–Crippen MR) is 99.1 cm³/mol. The Kier molecular flexibility index (Phi) is 4.45. The number of hydrogen-bond acceptors (Lipinski definition) is 6. The van der Waals surface area contributed by atoms with Crippen molar-refractivity contribution in [3.8, 4) is 5.75 Å². The molecule has 8 nitrogen and oxygen atoms in total. The first-order valence-electron chi connectivity index (χ1n) is 9.03. The van der Waals surface area contributed by atoms with Gasteiger partial charge in [0.2, 0.25) is 0 Å². The largest absolute Gasteiger partial charge is 0.506 e. The highest BCUT2D eigenvalue weighted by Gasteiger charge is 2.34. The van der Waals surface area contributed by atoms with Crippen LogP contribution in [0.15, 0.2) is 18.7 Å². The number of aliphatic hydroxyl groups is 1. The van der Waals surface area contributed by atoms with Crippen LogP contribution >= 0.6 is 0 Å². The van der Waals surface area contributed by atoms with Crippen molar-refractivity contribution in [1.82, 2.24) is 29.6 Å². The molecule has 0 unspecified atom stereocenters. The van der Waals surface area contributed by atoms with Crippen LogP contribution in [-0.4, -0.2) is 46.4 Å². The Labute approximate surface area is 157 Å². The van der Waals surface area contributed by atoms with Crippen LogP contribution in [0.4, 0.5) is 0 Å². The molecule has 0 bridgehead atoms. The summed E-state index contributed by atoms with van der Waals surface area (Å²) in [4.78, 5) is 14.3. The lowest BCUT2D eigenvalue weighted by Crippen LogP contribution is -2.36. The molecule has 0 fully saturated rings. The summed E-state index contributed by atoms with van der Waals surface area (Å²) < 4.78 is 1.86. The molecule has 1 aliphatic rings. The van der Waals surface area contributed by atoms with Crippen molar-refractivity contribution in [1.29, 1.82) is 0 Å². The van der Waals surface area contributed by atoms with Crippen molar-refractivity contribution in [3.63, 3.8) is 0 Å². The van der Waals surface area contributed by atoms with E-state index in [1.807, 2.05) is 17.9 Å². The highest BCUT2D eigenvalue weighted by molar-refractivity contribution is 5.41. The van der Waals surface area contributed by atoms with Crippen molar-refractivity contribution >= 4 is 0 Å². The Hall–Kier alpha value is -2.71. The number of aromatic amines is 1. The van der Waals surface area contributed by atoms with E-state index in [1.54, 1.807) is 19.4 Å². The summed E-state index contributed by atoms with van der Waals surface area (Å²) >= 11 is 0. The summed E-state index contributed by atoms with van der Waals surface area (Å²) in [6, 6.07) is -0.0619. The summed E-state index contributed by atoms with van der Waals surface area (Å²) in [6.45, 7) is 4.96. The Bertz CT molecular complexity index is 977. The second-order valence-corrected chi connectivity index (χ2v) is 7.05. The molecule has 3 aromatic rings. The minimum atomic E-state index is -0.158. The van der Waals surface area contributed by atoms with Crippen molar-refractivity contribution in [2.24, 2.45) is 7.05 Å². The molecule has 3 aromatic heterocycles. The van der Waals surface area contributed by atoms with Crippen LogP contribution in [0.2, 0.25) is 0 Å². The number of imidazole rings is 1. The molecule has 142 valence electrons. The number of hydrogen-bond donors (Lipinski definition) is 3. The first kappa shape index (κ1) is 17.7. The third-order valence-corrected chi connectivity index (χ3v) is 5.55. The first-order chi connectivity index (χ1) is 13.0. The summed E-state index contributed by atoms with van der Waals surface area (Å²) in [6.07, 6.45) is 6.12. The lowest BCUT2D eigenvalue weighted by atomic mass is 9.95. The van der Waals surface area contributed by atoms with E-state index in [0.29, 0.717) is 17.8 Å². The van der Waals surface area contributed by atoms with Gasteiger partial charge in [0.25, 0.3) is 0 Å². The van der Waals surface area contributed by atoms with Crippen molar-refractivity contribution < 1.29 is 10.2 Å². The topological polar surface area (TPSA) is 103 Å². The van der Waals surface area contributed by atoms with Crippen LogP contribution in [0.3, 0.4) is 0 Å². The summed E-state index contributed by atoms with van der Waals surface area (Å²) in [5, 5.41) is 24.7. The van der Waals surface area contributed by atoms with Crippen LogP contribution in [0.25, 0.3) is 0 Å². The average Bonchev–Trinajstić information content (AvgIpc) is 3.27. The van der Waals surface area contributed by atoms with E-state index in [9.17, 15) is 10.2 Å². The highest BCUT2D eigenvalue weighted by Crippen LogP contribution is 2.37. The predicted octanol–water partition coefficient (Wildman–Crippen LogP) is 1.50. The standard InChI is InChI=1S/C19H24N6O2/c1-11-19(27)15(13(9-26)6-20-11)8-25-5-4-16-17(22-10-21-16)18(25)14-7-23-24(3)12(14)2/h6-7,10,18,26-27H,4-5,8-9H2,1-3H3,(H,21,22)/t18-/m0/s1. The van der Waals surface area contributed by atoms with Crippen LogP contribution < -0.4 is 0 Å². The normalized spacial score (nSPS) is 17.3. The zero-order valence-corrected chi connectivity index (χ0v) is 15.8. The van der Waals surface area contributed by atoms with E-state index in [0.717, 1.165) is 41.2 Å². The maximum atomic E-state index is 10.6. The number of H-pyrrole nitrogens is 1. The van der Waals surface area contributed by atoms with Gasteiger partial charge in [0.1, 0.15) is 5.75 Å². The quantitative estimate of drug-likeness (QED) is 0.645. The summed E-state index contributed by atoms with van der Waals surface area (Å²) in [5.41, 5.74) is 6.24. The summed E-state index contributed by atoms with van der Waals surface area (Å²) in [7, 11) is 1.93. The van der Waals surface area contributed by atoms with E-state index in [-0.39, 0.29) is 18.4 Å². The Morgan fingerprint density at radius 1 is 1.26 bits per heavy atom. The zero-order chi connectivity index (χ0) is 19.1. The number of aliphatic hydroxyl groups excluding tert-OH is 1. The van der Waals surface area contributed by atoms with Crippen LogP contribution in [0, 0.1) is 13.8 Å². The van der Waals surface area contributed by atoms with Gasteiger partial charge >= 0.3 is 0 Å². The number of rotatable bonds is 4. The van der Waals surface area contributed by atoms with Crippen molar-refractivity contribution in [3.05, 3.63) is 58.2 Å². The second-order valence-electron chi connectivity index (χ2n) is 7.05. The molecule has 4 heterocycles. The van der Waals surface area contributed by atoms with Gasteiger partial charge in [0.15, 0.2) is 0 Å². The van der Waals surface area contributed by atoms with Crippen molar-refractivity contribution in [2.75, 3.05) is 6.54 Å². The lowest BCUT2D eigenvalue weighted by Gasteiger charge is -2.35. The number of fused-ring (bicyclic) bond motifs is 1. The van der Waals surface area contributed by atoms with Gasteiger partial charge in [0.05, 0.1) is 36.6 Å². The molecule has 3 N–H and O–H groups in total. The molecule has 0 amide bonds. The Morgan fingerprint density at radius 2 is 2.07 bits per heavy atom. The maximum absolute atomic E-state index is 10.6. The maximum Gasteiger partial charge on any atom is 0.141 e. The van der Waals surface area contributed by atoms with E-state index in [1.165, 1.54) is 0 Å². The number of aromatic hydroxyl groups is 1. The molecule has 0 saturated carbocycles. The van der Waals surface area contributed by atoms with Gasteiger partial charge in [-0.25, -0.2) is 4.98 Å². The van der Waals surface area contributed by atoms with Gasteiger partial charge < -0.3 is 15.2 Å². The summed E-state index contributed by atoms with van der Waals surface area (Å²) in [5.74, 6) is 0.149. The molecule has 8 heteroatoms. The van der Waals surface area contributed by atoms with Crippen LogP contribution in [0.5, 0.6) is 5.75 Å². The molecule has 0 saturated heterocycles. The number of pyridine rings is 1. The fourth-order valence-electron chi connectivity index (χ4n) is 3.82. The minimum Gasteiger partial charge on any atom is -0.506 e. The average molecular weight is 368 g/mol. The number of nitrogens with zero attached hydrogens (tertiary/aromatic N) is 5. The van der Waals surface area contributed by atoms with E-state index in [4.69, 9.17) is 0 Å². The fraction of sp³-hybridized carbons (Fsp3) is 0.421. The highest BCUT2D eigenvalue weighted by atomic mass is 16.3. The van der Waals surface area contributed by atoms with Crippen LogP contribution in [-0.2, 0) is 26.6 Å². The van der Waals surface area contributed by atoms with Gasteiger partial charge in [0, 0.05) is 60.8 Å². The molecule has 1 aliphatic heterocycles. The molecule has 0 aromatic carbocycles. The number of aromatic nitrogens is 5. The molecule has 0 spiro atoms. The number of aryl methyl sites for hydroxylation is 2. The molecular formula is C19H24N6O2. The Balaban J connectivity index is 1.78. The molecule has 1 atom stereocenters. The molecule has 0 aliphatic carbocycles. The molecule has 4 rings (SSSR count). The van der Waals surface area contributed by atoms with E-state index >= 15 is 0 Å². The molecule has 0 radical (unpaired) electrons. The first-order valence-corrected chi connectivity index (χ1v) is 9.03. The molecule has 27 heavy (non-hydrogen) atoms. The van der Waals surface area contributed by atoms with Gasteiger partial charge in [-0.1, -0.05) is 0 Å². The zero-order valence-electron chi connectivity index (χ0n) is 15.8. The third-order valence-electron chi connectivity index (χ3n) is 5.55. The minimum absolute atomic E-state index is 0.0619. The van der Waals surface area contributed by atoms with Crippen molar-refractivity contribution in [2.45, 2.75) is 39.5 Å². The smallest absolute Gasteiger partial charge is 0.141 e. The number of nitrogens with one attached hydrogen (secondary N) is 1. The second kappa shape index (κ2) is 6.79. The van der Waals surface area contributed by atoms with Gasteiger partial charge in [-0.15, -0.1) is 0 Å². The van der Waals surface area contributed by atoms with Crippen LogP contribution in [0.1, 0.15) is 45.5 Å². The van der Waals surface area contributed by atoms with E-state index in [2.05, 4.69) is 31.9 Å². The lowest BCUT2D eigenvalue weighted by molar-refractivity contribution is 0.194. The fourth-order valence-corrected chi connectivity index (χ4v) is 3.82. The third kappa shape index (κ3) is 2.90. The van der Waals surface area contributed by atoms with Gasteiger partial charge in [-0.3, -0.25) is 14.6 Å². The van der Waals surface area contributed by atoms with Gasteiger partial charge in [-0.05, 0) is 13.8 Å². The molecular weight excluding hydrogens is 344 g/mol. The monoisotopic (exact) mass is 368 g/mol. The Morgan fingerprint density at radius 3 is 2.78 bits per heavy atom. The SMILES string of the molecule is Cc1ncc(CO)c(CN2CCc3[nH]cnc3[C@@H]2c2cnn(C)c2C)c1O. The van der Waals surface area contributed by atoms with Gasteiger partial charge in [-0.2, -0.15) is 5.10 Å². The van der Waals surface area contributed by atoms with E-state index < -0.39 is 0 Å².